The molecule has 0 N–H and O–H groups in total. The highest BCUT2D eigenvalue weighted by Crippen LogP contribution is 2.21. The Bertz CT molecular complexity index is 419. The predicted molar refractivity (Wildman–Crippen MR) is 161 cm³/mol. The van der Waals surface area contributed by atoms with Crippen LogP contribution in [0.4, 0.5) is 0 Å². The van der Waals surface area contributed by atoms with Gasteiger partial charge in [-0.05, 0) is 19.3 Å². The Morgan fingerprint density at radius 3 is 1.03 bits per heavy atom. The summed E-state index contributed by atoms with van der Waals surface area (Å²) in [5.74, 6) is 0.255. The van der Waals surface area contributed by atoms with Gasteiger partial charge in [-0.3, -0.25) is 4.79 Å². The van der Waals surface area contributed by atoms with Crippen molar-refractivity contribution >= 4 is 5.97 Å². The molecule has 36 heavy (non-hydrogen) atoms. The first-order valence-corrected chi connectivity index (χ1v) is 16.9. The summed E-state index contributed by atoms with van der Waals surface area (Å²) in [6.45, 7) is 7.48. The molecule has 0 aliphatic carbocycles. The molecular weight excluding hydrogens is 440 g/mol. The van der Waals surface area contributed by atoms with E-state index in [4.69, 9.17) is 4.74 Å². The van der Waals surface area contributed by atoms with Crippen LogP contribution in [0.25, 0.3) is 0 Å². The molecule has 0 saturated carbocycles. The lowest BCUT2D eigenvalue weighted by atomic mass is 9.94. The molecule has 0 aromatic heterocycles. The van der Waals surface area contributed by atoms with Crippen LogP contribution in [-0.2, 0) is 9.53 Å². The zero-order valence-electron chi connectivity index (χ0n) is 25.4. The summed E-state index contributed by atoms with van der Waals surface area (Å²) in [5, 5.41) is 0. The zero-order valence-corrected chi connectivity index (χ0v) is 25.4. The standard InChI is InChI=1S/C34H68O2/c1-4-7-10-13-16-19-22-25-28-31-33(30-27-24-21-18-15-12-9-6-3)34(35)36-32-29-26-23-20-17-14-11-8-5-2/h33H,4-32H2,1-3H3. The number of hydrogen-bond donors (Lipinski definition) is 0. The smallest absolute Gasteiger partial charge is 0.308 e. The fourth-order valence-corrected chi connectivity index (χ4v) is 5.31. The molecule has 2 heteroatoms. The van der Waals surface area contributed by atoms with Crippen LogP contribution in [0.15, 0.2) is 0 Å². The Morgan fingerprint density at radius 1 is 0.417 bits per heavy atom. The molecule has 0 rings (SSSR count). The van der Waals surface area contributed by atoms with Gasteiger partial charge in [0.1, 0.15) is 0 Å². The van der Waals surface area contributed by atoms with Gasteiger partial charge >= 0.3 is 5.97 Å². The third kappa shape index (κ3) is 26.5. The van der Waals surface area contributed by atoms with Gasteiger partial charge in [-0.1, -0.05) is 181 Å². The highest BCUT2D eigenvalue weighted by atomic mass is 16.5. The van der Waals surface area contributed by atoms with Crippen molar-refractivity contribution in [2.75, 3.05) is 6.61 Å². The molecular formula is C34H68O2. The second-order valence-corrected chi connectivity index (χ2v) is 11.6. The van der Waals surface area contributed by atoms with Crippen molar-refractivity contribution in [2.45, 2.75) is 201 Å². The average molecular weight is 509 g/mol. The minimum absolute atomic E-state index is 0.108. The molecule has 0 aliphatic rings. The van der Waals surface area contributed by atoms with E-state index in [2.05, 4.69) is 20.8 Å². The number of carbonyl (C=O) groups excluding carboxylic acids is 1. The Morgan fingerprint density at radius 2 is 0.694 bits per heavy atom. The van der Waals surface area contributed by atoms with Crippen molar-refractivity contribution in [1.82, 2.24) is 0 Å². The van der Waals surface area contributed by atoms with E-state index in [1.165, 1.54) is 161 Å². The van der Waals surface area contributed by atoms with E-state index < -0.39 is 0 Å². The van der Waals surface area contributed by atoms with Crippen molar-refractivity contribution in [2.24, 2.45) is 5.92 Å². The van der Waals surface area contributed by atoms with Gasteiger partial charge in [0.15, 0.2) is 0 Å². The molecule has 0 fully saturated rings. The summed E-state index contributed by atoms with van der Waals surface area (Å²) in [7, 11) is 0. The quantitative estimate of drug-likeness (QED) is 0.0712. The van der Waals surface area contributed by atoms with Crippen LogP contribution in [0.5, 0.6) is 0 Å². The first kappa shape index (κ1) is 35.5. The number of esters is 1. The second kappa shape index (κ2) is 30.7. The predicted octanol–water partition coefficient (Wildman–Crippen LogP) is 12.1. The van der Waals surface area contributed by atoms with Crippen LogP contribution in [0, 0.1) is 5.92 Å². The minimum Gasteiger partial charge on any atom is -0.465 e. The summed E-state index contributed by atoms with van der Waals surface area (Å²) < 4.78 is 5.78. The Hall–Kier alpha value is -0.530. The van der Waals surface area contributed by atoms with Crippen LogP contribution in [0.3, 0.4) is 0 Å². The maximum atomic E-state index is 12.9. The molecule has 216 valence electrons. The molecule has 0 saturated heterocycles. The first-order chi connectivity index (χ1) is 17.8. The fraction of sp³-hybridized carbons (Fsp3) is 0.971. The number of hydrogen-bond acceptors (Lipinski definition) is 2. The van der Waals surface area contributed by atoms with Gasteiger partial charge in [0.2, 0.25) is 0 Å². The van der Waals surface area contributed by atoms with Crippen LogP contribution >= 0.6 is 0 Å². The van der Waals surface area contributed by atoms with Crippen LogP contribution in [-0.4, -0.2) is 12.6 Å². The van der Waals surface area contributed by atoms with E-state index in [1.807, 2.05) is 0 Å². The van der Waals surface area contributed by atoms with Crippen molar-refractivity contribution in [3.8, 4) is 0 Å². The summed E-state index contributed by atoms with van der Waals surface area (Å²) in [4.78, 5) is 12.9. The molecule has 0 bridgehead atoms. The molecule has 2 nitrogen and oxygen atoms in total. The molecule has 1 unspecified atom stereocenters. The third-order valence-electron chi connectivity index (χ3n) is 7.89. The van der Waals surface area contributed by atoms with E-state index in [0.29, 0.717) is 6.61 Å². The summed E-state index contributed by atoms with van der Waals surface area (Å²) >= 11 is 0. The van der Waals surface area contributed by atoms with E-state index in [0.717, 1.165) is 19.3 Å². The Balaban J connectivity index is 4.03. The lowest BCUT2D eigenvalue weighted by Crippen LogP contribution is -2.18. The van der Waals surface area contributed by atoms with Gasteiger partial charge in [0.05, 0.1) is 12.5 Å². The zero-order chi connectivity index (χ0) is 26.4. The summed E-state index contributed by atoms with van der Waals surface area (Å²) in [6, 6.07) is 0. The van der Waals surface area contributed by atoms with Crippen molar-refractivity contribution in [3.63, 3.8) is 0 Å². The largest absolute Gasteiger partial charge is 0.465 e. The molecule has 0 aromatic carbocycles. The number of unbranched alkanes of at least 4 members (excludes halogenated alkanes) is 23. The maximum absolute atomic E-state index is 12.9. The molecule has 0 radical (unpaired) electrons. The van der Waals surface area contributed by atoms with E-state index in [-0.39, 0.29) is 11.9 Å². The Labute approximate surface area is 228 Å². The van der Waals surface area contributed by atoms with Gasteiger partial charge in [-0.15, -0.1) is 0 Å². The lowest BCUT2D eigenvalue weighted by Gasteiger charge is -2.16. The first-order valence-electron chi connectivity index (χ1n) is 16.9. The van der Waals surface area contributed by atoms with Gasteiger partial charge in [-0.2, -0.15) is 0 Å². The van der Waals surface area contributed by atoms with E-state index in [9.17, 15) is 4.79 Å². The molecule has 0 aromatic rings. The van der Waals surface area contributed by atoms with Crippen molar-refractivity contribution < 1.29 is 9.53 Å². The molecule has 0 aliphatic heterocycles. The van der Waals surface area contributed by atoms with Gasteiger partial charge < -0.3 is 4.74 Å². The average Bonchev–Trinajstić information content (AvgIpc) is 2.88. The van der Waals surface area contributed by atoms with Gasteiger partial charge in [-0.25, -0.2) is 0 Å². The molecule has 0 spiro atoms. The highest BCUT2D eigenvalue weighted by Gasteiger charge is 2.19. The number of carbonyl (C=O) groups is 1. The highest BCUT2D eigenvalue weighted by molar-refractivity contribution is 5.72. The van der Waals surface area contributed by atoms with Crippen LogP contribution < -0.4 is 0 Å². The monoisotopic (exact) mass is 509 g/mol. The molecule has 1 atom stereocenters. The third-order valence-corrected chi connectivity index (χ3v) is 7.89. The van der Waals surface area contributed by atoms with E-state index in [1.54, 1.807) is 0 Å². The second-order valence-electron chi connectivity index (χ2n) is 11.6. The van der Waals surface area contributed by atoms with Crippen molar-refractivity contribution in [3.05, 3.63) is 0 Å². The van der Waals surface area contributed by atoms with Crippen LogP contribution in [0.2, 0.25) is 0 Å². The SMILES string of the molecule is CCCCCCCCCCCOC(=O)C(CCCCCCCCCC)CCCCCCCCCCC. The number of rotatable bonds is 30. The van der Waals surface area contributed by atoms with E-state index >= 15 is 0 Å². The maximum Gasteiger partial charge on any atom is 0.308 e. The lowest BCUT2D eigenvalue weighted by molar-refractivity contribution is -0.149. The minimum atomic E-state index is 0.108. The van der Waals surface area contributed by atoms with Crippen molar-refractivity contribution in [1.29, 1.82) is 0 Å². The van der Waals surface area contributed by atoms with Gasteiger partial charge in [0.25, 0.3) is 0 Å². The summed E-state index contributed by atoms with van der Waals surface area (Å²) in [5.41, 5.74) is 0. The number of ether oxygens (including phenoxy) is 1. The Kier molecular flexibility index (Phi) is 30.2. The normalized spacial score (nSPS) is 12.2. The fourth-order valence-electron chi connectivity index (χ4n) is 5.31. The molecule has 0 heterocycles. The van der Waals surface area contributed by atoms with Crippen LogP contribution in [0.1, 0.15) is 201 Å². The topological polar surface area (TPSA) is 26.3 Å². The summed E-state index contributed by atoms with van der Waals surface area (Å²) in [6.07, 6.45) is 36.6. The molecule has 0 amide bonds. The van der Waals surface area contributed by atoms with Gasteiger partial charge in [0, 0.05) is 0 Å².